The van der Waals surface area contributed by atoms with Crippen molar-refractivity contribution in [3.05, 3.63) is 47.8 Å². The van der Waals surface area contributed by atoms with Crippen molar-refractivity contribution in [2.45, 2.75) is 31.3 Å². The van der Waals surface area contributed by atoms with E-state index in [1.54, 1.807) is 24.3 Å². The number of anilines is 1. The van der Waals surface area contributed by atoms with E-state index in [1.807, 2.05) is 0 Å². The summed E-state index contributed by atoms with van der Waals surface area (Å²) in [5, 5.41) is 7.26. The number of hydrogen-bond donors (Lipinski definition) is 2. The summed E-state index contributed by atoms with van der Waals surface area (Å²) in [6.45, 7) is 0. The Balaban J connectivity index is 1.51. The second-order valence-corrected chi connectivity index (χ2v) is 7.96. The lowest BCUT2D eigenvalue weighted by Gasteiger charge is -2.23. The van der Waals surface area contributed by atoms with E-state index in [1.165, 1.54) is 37.7 Å². The summed E-state index contributed by atoms with van der Waals surface area (Å²) in [5.41, 5.74) is 1.15. The highest BCUT2D eigenvalue weighted by atomic mass is 32.1. The van der Waals surface area contributed by atoms with Crippen molar-refractivity contribution in [1.29, 1.82) is 0 Å². The first-order valence-corrected chi connectivity index (χ1v) is 10.2. The summed E-state index contributed by atoms with van der Waals surface area (Å²) in [5.74, 6) is 0.434. The standard InChI is InChI=1S/C21H22FN3O3S/c1-27-16-7-4-8-17(28-2)19(16)20(26)23-13-5-3-6-14(13)24-21-25-15-10-9-12(22)11-18(15)29-21/h4,7-11,13-14H,3,5-6H2,1-2H3,(H,23,26)(H,24,25). The van der Waals surface area contributed by atoms with E-state index in [9.17, 15) is 9.18 Å². The average Bonchev–Trinajstić information content (AvgIpc) is 3.33. The molecule has 1 fully saturated rings. The van der Waals surface area contributed by atoms with Crippen LogP contribution in [0.5, 0.6) is 11.5 Å². The number of methoxy groups -OCH3 is 2. The van der Waals surface area contributed by atoms with Gasteiger partial charge in [-0.05, 0) is 49.6 Å². The SMILES string of the molecule is COc1cccc(OC)c1C(=O)NC1CCCC1Nc1nc2ccc(F)cc2s1. The first kappa shape index (κ1) is 19.4. The maximum atomic E-state index is 13.4. The summed E-state index contributed by atoms with van der Waals surface area (Å²) < 4.78 is 24.9. The molecule has 6 nitrogen and oxygen atoms in total. The molecule has 0 saturated heterocycles. The van der Waals surface area contributed by atoms with Crippen LogP contribution in [-0.4, -0.2) is 37.2 Å². The van der Waals surface area contributed by atoms with Gasteiger partial charge in [0, 0.05) is 12.1 Å². The molecule has 4 rings (SSSR count). The van der Waals surface area contributed by atoms with Crippen LogP contribution in [0, 0.1) is 5.82 Å². The first-order valence-electron chi connectivity index (χ1n) is 9.43. The zero-order chi connectivity index (χ0) is 20.4. The minimum absolute atomic E-state index is 0.0464. The van der Waals surface area contributed by atoms with Crippen LogP contribution < -0.4 is 20.1 Å². The number of halogens is 1. The van der Waals surface area contributed by atoms with Gasteiger partial charge in [0.25, 0.3) is 5.91 Å². The maximum absolute atomic E-state index is 13.4. The Hall–Kier alpha value is -2.87. The topological polar surface area (TPSA) is 72.5 Å². The number of nitrogens with one attached hydrogen (secondary N) is 2. The van der Waals surface area contributed by atoms with Gasteiger partial charge in [-0.2, -0.15) is 0 Å². The van der Waals surface area contributed by atoms with Gasteiger partial charge < -0.3 is 20.1 Å². The Morgan fingerprint density at radius 1 is 1.14 bits per heavy atom. The minimum atomic E-state index is -0.274. The number of rotatable bonds is 6. The van der Waals surface area contributed by atoms with Gasteiger partial charge in [0.1, 0.15) is 22.9 Å². The van der Waals surface area contributed by atoms with E-state index in [2.05, 4.69) is 15.6 Å². The number of carbonyl (C=O) groups is 1. The molecule has 8 heteroatoms. The van der Waals surface area contributed by atoms with E-state index in [4.69, 9.17) is 9.47 Å². The molecule has 0 aliphatic heterocycles. The van der Waals surface area contributed by atoms with Gasteiger partial charge in [0.05, 0.1) is 24.4 Å². The molecule has 1 aromatic heterocycles. The quantitative estimate of drug-likeness (QED) is 0.631. The third-order valence-electron chi connectivity index (χ3n) is 5.15. The van der Waals surface area contributed by atoms with Crippen molar-refractivity contribution in [3.8, 4) is 11.5 Å². The number of ether oxygens (including phenoxy) is 2. The molecule has 0 spiro atoms. The maximum Gasteiger partial charge on any atom is 0.259 e. The largest absolute Gasteiger partial charge is 0.496 e. The Morgan fingerprint density at radius 3 is 2.59 bits per heavy atom. The number of thiazole rings is 1. The Morgan fingerprint density at radius 2 is 1.86 bits per heavy atom. The third-order valence-corrected chi connectivity index (χ3v) is 6.10. The first-order chi connectivity index (χ1) is 14.1. The minimum Gasteiger partial charge on any atom is -0.496 e. The fourth-order valence-electron chi connectivity index (χ4n) is 3.74. The lowest BCUT2D eigenvalue weighted by molar-refractivity contribution is 0.0929. The van der Waals surface area contributed by atoms with E-state index in [-0.39, 0.29) is 23.8 Å². The molecule has 29 heavy (non-hydrogen) atoms. The number of amides is 1. The fourth-order valence-corrected chi connectivity index (χ4v) is 4.69. The van der Waals surface area contributed by atoms with Crippen LogP contribution >= 0.6 is 11.3 Å². The van der Waals surface area contributed by atoms with E-state index in [0.717, 1.165) is 34.6 Å². The predicted octanol–water partition coefficient (Wildman–Crippen LogP) is 4.22. The number of hydrogen-bond acceptors (Lipinski definition) is 6. The zero-order valence-electron chi connectivity index (χ0n) is 16.2. The molecule has 2 atom stereocenters. The molecule has 1 saturated carbocycles. The summed E-state index contributed by atoms with van der Waals surface area (Å²) in [4.78, 5) is 17.5. The van der Waals surface area contributed by atoms with Crippen molar-refractivity contribution >= 4 is 32.6 Å². The number of benzene rings is 2. The smallest absolute Gasteiger partial charge is 0.259 e. The van der Waals surface area contributed by atoms with Crippen molar-refractivity contribution in [3.63, 3.8) is 0 Å². The lowest BCUT2D eigenvalue weighted by atomic mass is 10.1. The summed E-state index contributed by atoms with van der Waals surface area (Å²) in [6, 6.07) is 9.82. The van der Waals surface area contributed by atoms with E-state index < -0.39 is 0 Å². The monoisotopic (exact) mass is 415 g/mol. The molecule has 0 radical (unpaired) electrons. The van der Waals surface area contributed by atoms with Crippen molar-refractivity contribution in [2.75, 3.05) is 19.5 Å². The molecular formula is C21H22FN3O3S. The van der Waals surface area contributed by atoms with Crippen LogP contribution in [0.25, 0.3) is 10.2 Å². The van der Waals surface area contributed by atoms with Gasteiger partial charge in [0.2, 0.25) is 0 Å². The van der Waals surface area contributed by atoms with Gasteiger partial charge in [-0.1, -0.05) is 17.4 Å². The molecule has 152 valence electrons. The predicted molar refractivity (Wildman–Crippen MR) is 112 cm³/mol. The van der Waals surface area contributed by atoms with Crippen LogP contribution in [0.4, 0.5) is 9.52 Å². The van der Waals surface area contributed by atoms with Gasteiger partial charge in [-0.15, -0.1) is 0 Å². The van der Waals surface area contributed by atoms with Gasteiger partial charge in [-0.25, -0.2) is 9.37 Å². The number of carbonyl (C=O) groups excluding carboxylic acids is 1. The van der Waals surface area contributed by atoms with E-state index >= 15 is 0 Å². The Kier molecular flexibility index (Phi) is 5.53. The number of fused-ring (bicyclic) bond motifs is 1. The molecule has 0 bridgehead atoms. The molecule has 3 aromatic rings. The number of nitrogens with zero attached hydrogens (tertiary/aromatic N) is 1. The second-order valence-electron chi connectivity index (χ2n) is 6.93. The lowest BCUT2D eigenvalue weighted by Crippen LogP contribution is -2.43. The van der Waals surface area contributed by atoms with E-state index in [0.29, 0.717) is 17.1 Å². The average molecular weight is 415 g/mol. The van der Waals surface area contributed by atoms with Crippen LogP contribution in [0.1, 0.15) is 29.6 Å². The zero-order valence-corrected chi connectivity index (χ0v) is 17.0. The van der Waals surface area contributed by atoms with Crippen LogP contribution in [0.2, 0.25) is 0 Å². The van der Waals surface area contributed by atoms with Crippen LogP contribution in [-0.2, 0) is 0 Å². The Labute approximate surface area is 172 Å². The fraction of sp³-hybridized carbons (Fsp3) is 0.333. The Bertz CT molecular complexity index is 1020. The van der Waals surface area contributed by atoms with Gasteiger partial charge in [0.15, 0.2) is 5.13 Å². The molecule has 1 aliphatic rings. The van der Waals surface area contributed by atoms with Gasteiger partial charge >= 0.3 is 0 Å². The summed E-state index contributed by atoms with van der Waals surface area (Å²) in [6.07, 6.45) is 2.77. The highest BCUT2D eigenvalue weighted by molar-refractivity contribution is 7.22. The normalized spacial score (nSPS) is 18.6. The second kappa shape index (κ2) is 8.24. The van der Waals surface area contributed by atoms with Crippen LogP contribution in [0.15, 0.2) is 36.4 Å². The molecule has 2 aromatic carbocycles. The summed E-state index contributed by atoms with van der Waals surface area (Å²) in [7, 11) is 3.06. The molecule has 1 aliphatic carbocycles. The van der Waals surface area contributed by atoms with Gasteiger partial charge in [-0.3, -0.25) is 4.79 Å². The molecule has 1 heterocycles. The third kappa shape index (κ3) is 3.98. The number of aromatic nitrogens is 1. The molecule has 2 N–H and O–H groups in total. The van der Waals surface area contributed by atoms with Crippen LogP contribution in [0.3, 0.4) is 0 Å². The van der Waals surface area contributed by atoms with Crippen molar-refractivity contribution in [2.24, 2.45) is 0 Å². The highest BCUT2D eigenvalue weighted by Gasteiger charge is 2.31. The highest BCUT2D eigenvalue weighted by Crippen LogP contribution is 2.32. The van der Waals surface area contributed by atoms with Crippen molar-refractivity contribution in [1.82, 2.24) is 10.3 Å². The van der Waals surface area contributed by atoms with Crippen molar-refractivity contribution < 1.29 is 18.7 Å². The molecule has 1 amide bonds. The molecule has 2 unspecified atom stereocenters. The summed E-state index contributed by atoms with van der Waals surface area (Å²) >= 11 is 1.41. The molecular weight excluding hydrogens is 393 g/mol.